The number of hydrogen-bond acceptors (Lipinski definition) is 4. The van der Waals surface area contributed by atoms with E-state index in [2.05, 4.69) is 5.32 Å². The Labute approximate surface area is 158 Å². The minimum absolute atomic E-state index is 0.345. The van der Waals surface area contributed by atoms with Crippen molar-refractivity contribution in [3.8, 4) is 5.69 Å². The molecule has 1 amide bonds. The van der Waals surface area contributed by atoms with Gasteiger partial charge in [-0.3, -0.25) is 4.79 Å². The topological polar surface area (TPSA) is 63.6 Å². The predicted octanol–water partition coefficient (Wildman–Crippen LogP) is 3.34. The molecule has 0 radical (unpaired) electrons. The third kappa shape index (κ3) is 4.76. The van der Waals surface area contributed by atoms with Crippen LogP contribution in [0.2, 0.25) is 0 Å². The summed E-state index contributed by atoms with van der Waals surface area (Å²) in [6, 6.07) is 18.3. The molecule has 0 atom stereocenters. The van der Waals surface area contributed by atoms with Crippen LogP contribution in [0.25, 0.3) is 5.69 Å². The Balaban J connectivity index is 1.55. The van der Waals surface area contributed by atoms with Gasteiger partial charge in [-0.15, -0.1) is 0 Å². The van der Waals surface area contributed by atoms with Gasteiger partial charge in [0.2, 0.25) is 0 Å². The zero-order valence-corrected chi connectivity index (χ0v) is 15.3. The molecule has 3 rings (SSSR count). The molecule has 0 bridgehead atoms. The molecule has 27 heavy (non-hydrogen) atoms. The van der Waals surface area contributed by atoms with Gasteiger partial charge in [0.15, 0.2) is 6.61 Å². The van der Waals surface area contributed by atoms with E-state index in [4.69, 9.17) is 4.74 Å². The van der Waals surface area contributed by atoms with Crippen molar-refractivity contribution >= 4 is 23.3 Å². The summed E-state index contributed by atoms with van der Waals surface area (Å²) in [5.41, 5.74) is 2.92. The minimum Gasteiger partial charge on any atom is -0.452 e. The molecule has 0 aliphatic carbocycles. The van der Waals surface area contributed by atoms with Crippen LogP contribution < -0.4 is 10.2 Å². The maximum Gasteiger partial charge on any atom is 0.338 e. The van der Waals surface area contributed by atoms with Gasteiger partial charge in [-0.25, -0.2) is 4.79 Å². The van der Waals surface area contributed by atoms with E-state index in [1.54, 1.807) is 30.3 Å². The molecule has 6 heteroatoms. The van der Waals surface area contributed by atoms with Crippen LogP contribution in [-0.2, 0) is 9.53 Å². The van der Waals surface area contributed by atoms with E-state index in [1.165, 1.54) is 0 Å². The highest BCUT2D eigenvalue weighted by atomic mass is 16.5. The molecule has 0 fully saturated rings. The average Bonchev–Trinajstić information content (AvgIpc) is 3.21. The number of esters is 1. The van der Waals surface area contributed by atoms with Gasteiger partial charge in [-0.1, -0.05) is 6.07 Å². The summed E-state index contributed by atoms with van der Waals surface area (Å²) in [7, 11) is 3.89. The number of aromatic nitrogens is 1. The first-order chi connectivity index (χ1) is 13.0. The Kier molecular flexibility index (Phi) is 5.56. The maximum atomic E-state index is 12.2. The second-order valence-corrected chi connectivity index (χ2v) is 6.21. The molecule has 0 saturated carbocycles. The van der Waals surface area contributed by atoms with Crippen molar-refractivity contribution in [3.63, 3.8) is 0 Å². The Morgan fingerprint density at radius 2 is 1.70 bits per heavy atom. The third-order valence-corrected chi connectivity index (χ3v) is 3.99. The first kappa shape index (κ1) is 18.3. The van der Waals surface area contributed by atoms with E-state index >= 15 is 0 Å². The number of nitrogens with one attached hydrogen (secondary N) is 1. The lowest BCUT2D eigenvalue weighted by Crippen LogP contribution is -2.21. The lowest BCUT2D eigenvalue weighted by Gasteiger charge is -2.13. The van der Waals surface area contributed by atoms with Crippen molar-refractivity contribution in [2.75, 3.05) is 30.9 Å². The maximum absolute atomic E-state index is 12.2. The second kappa shape index (κ2) is 8.23. The molecule has 1 N–H and O–H groups in total. The minimum atomic E-state index is -0.540. The second-order valence-electron chi connectivity index (χ2n) is 6.21. The van der Waals surface area contributed by atoms with Gasteiger partial charge < -0.3 is 19.5 Å². The van der Waals surface area contributed by atoms with Crippen LogP contribution in [0, 0.1) is 0 Å². The van der Waals surface area contributed by atoms with Crippen LogP contribution in [0.1, 0.15) is 10.4 Å². The fourth-order valence-corrected chi connectivity index (χ4v) is 2.55. The Hall–Kier alpha value is -3.54. The van der Waals surface area contributed by atoms with Crippen LogP contribution in [0.4, 0.5) is 11.4 Å². The van der Waals surface area contributed by atoms with Gasteiger partial charge in [0.1, 0.15) is 0 Å². The molecule has 6 nitrogen and oxygen atoms in total. The standard InChI is InChI=1S/C21H21N3O3/c1-23(2)18-10-8-17(9-11-18)22-20(25)15-27-21(26)16-6-5-7-19(14-16)24-12-3-4-13-24/h3-14H,15H2,1-2H3,(H,22,25). The fraction of sp³-hybridized carbons (Fsp3) is 0.143. The number of nitrogens with zero attached hydrogens (tertiary/aromatic N) is 2. The molecule has 138 valence electrons. The highest BCUT2D eigenvalue weighted by Gasteiger charge is 2.11. The van der Waals surface area contributed by atoms with E-state index in [0.29, 0.717) is 11.3 Å². The Bertz CT molecular complexity index is 916. The summed E-state index contributed by atoms with van der Waals surface area (Å²) in [5, 5.41) is 2.71. The molecule has 0 saturated heterocycles. The average molecular weight is 363 g/mol. The number of anilines is 2. The van der Waals surface area contributed by atoms with Crippen molar-refractivity contribution in [3.05, 3.63) is 78.6 Å². The van der Waals surface area contributed by atoms with E-state index in [9.17, 15) is 9.59 Å². The summed E-state index contributed by atoms with van der Waals surface area (Å²) >= 11 is 0. The van der Waals surface area contributed by atoms with E-state index in [-0.39, 0.29) is 12.5 Å². The lowest BCUT2D eigenvalue weighted by atomic mass is 10.2. The largest absolute Gasteiger partial charge is 0.452 e. The SMILES string of the molecule is CN(C)c1ccc(NC(=O)COC(=O)c2cccc(-n3cccc3)c2)cc1. The molecule has 1 aromatic heterocycles. The van der Waals surface area contributed by atoms with Crippen LogP contribution in [0.5, 0.6) is 0 Å². The Morgan fingerprint density at radius 3 is 2.37 bits per heavy atom. The number of ether oxygens (including phenoxy) is 1. The van der Waals surface area contributed by atoms with E-state index in [1.807, 2.05) is 66.3 Å². The summed E-state index contributed by atoms with van der Waals surface area (Å²) < 4.78 is 7.02. The molecule has 2 aromatic carbocycles. The number of amides is 1. The van der Waals surface area contributed by atoms with Gasteiger partial charge in [-0.05, 0) is 54.6 Å². The number of benzene rings is 2. The van der Waals surface area contributed by atoms with Gasteiger partial charge >= 0.3 is 5.97 Å². The van der Waals surface area contributed by atoms with Gasteiger partial charge in [0.25, 0.3) is 5.91 Å². The predicted molar refractivity (Wildman–Crippen MR) is 105 cm³/mol. The smallest absolute Gasteiger partial charge is 0.338 e. The number of hydrogen-bond donors (Lipinski definition) is 1. The van der Waals surface area contributed by atoms with Crippen LogP contribution in [-0.4, -0.2) is 37.1 Å². The molecule has 1 heterocycles. The normalized spacial score (nSPS) is 10.3. The third-order valence-electron chi connectivity index (χ3n) is 3.99. The molecule has 0 unspecified atom stereocenters. The number of rotatable bonds is 6. The highest BCUT2D eigenvalue weighted by Crippen LogP contribution is 2.16. The van der Waals surface area contributed by atoms with Crippen LogP contribution in [0.15, 0.2) is 73.1 Å². The van der Waals surface area contributed by atoms with Crippen molar-refractivity contribution in [2.45, 2.75) is 0 Å². The summed E-state index contributed by atoms with van der Waals surface area (Å²) in [6.45, 7) is -0.345. The summed E-state index contributed by atoms with van der Waals surface area (Å²) in [6.07, 6.45) is 3.78. The molecular weight excluding hydrogens is 342 g/mol. The Morgan fingerprint density at radius 1 is 1.00 bits per heavy atom. The van der Waals surface area contributed by atoms with Gasteiger partial charge in [0, 0.05) is 43.6 Å². The first-order valence-corrected chi connectivity index (χ1v) is 8.51. The van der Waals surface area contributed by atoms with Crippen molar-refractivity contribution in [2.24, 2.45) is 0 Å². The van der Waals surface area contributed by atoms with Crippen molar-refractivity contribution < 1.29 is 14.3 Å². The molecule has 0 spiro atoms. The zero-order chi connectivity index (χ0) is 19.2. The summed E-state index contributed by atoms with van der Waals surface area (Å²) in [5.74, 6) is -0.926. The van der Waals surface area contributed by atoms with Crippen LogP contribution >= 0.6 is 0 Å². The molecule has 0 aliphatic rings. The lowest BCUT2D eigenvalue weighted by molar-refractivity contribution is -0.119. The van der Waals surface area contributed by atoms with E-state index < -0.39 is 5.97 Å². The van der Waals surface area contributed by atoms with Crippen LogP contribution in [0.3, 0.4) is 0 Å². The monoisotopic (exact) mass is 363 g/mol. The number of carbonyl (C=O) groups excluding carboxylic acids is 2. The van der Waals surface area contributed by atoms with E-state index in [0.717, 1.165) is 11.4 Å². The highest BCUT2D eigenvalue weighted by molar-refractivity contribution is 5.95. The summed E-state index contributed by atoms with van der Waals surface area (Å²) in [4.78, 5) is 26.2. The fourth-order valence-electron chi connectivity index (χ4n) is 2.55. The van der Waals surface area contributed by atoms with Crippen molar-refractivity contribution in [1.82, 2.24) is 4.57 Å². The first-order valence-electron chi connectivity index (χ1n) is 8.51. The number of carbonyl (C=O) groups is 2. The molecule has 0 aliphatic heterocycles. The molecular formula is C21H21N3O3. The molecule has 3 aromatic rings. The van der Waals surface area contributed by atoms with Gasteiger partial charge in [0.05, 0.1) is 5.56 Å². The van der Waals surface area contributed by atoms with Gasteiger partial charge in [-0.2, -0.15) is 0 Å². The quantitative estimate of drug-likeness (QED) is 0.682. The van der Waals surface area contributed by atoms with Crippen molar-refractivity contribution in [1.29, 1.82) is 0 Å². The zero-order valence-electron chi connectivity index (χ0n) is 15.3.